The minimum Gasteiger partial charge on any atom is -0.463 e. The molecular formula is C93H156O16P2. The van der Waals surface area contributed by atoms with Crippen LogP contribution in [0.2, 0.25) is 0 Å². The van der Waals surface area contributed by atoms with Gasteiger partial charge in [-0.25, -0.2) is 9.13 Å². The molecule has 5 unspecified atom stereocenters. The number of allylic oxidation sites excluding steroid dienone is 28. The molecule has 0 fully saturated rings. The summed E-state index contributed by atoms with van der Waals surface area (Å²) in [6.07, 6.45) is 108. The molecule has 0 aromatic heterocycles. The lowest BCUT2D eigenvalue weighted by atomic mass is 10.0. The first-order valence-electron chi connectivity index (χ1n) is 43.4. The molecule has 0 aliphatic carbocycles. The molecule has 0 aromatic carbocycles. The number of aliphatic hydroxyl groups is 2. The van der Waals surface area contributed by atoms with Gasteiger partial charge in [0.1, 0.15) is 25.4 Å². The van der Waals surface area contributed by atoms with Crippen molar-refractivity contribution < 1.29 is 75.8 Å². The zero-order chi connectivity index (χ0) is 80.8. The van der Waals surface area contributed by atoms with Crippen LogP contribution in [-0.2, 0) is 55.8 Å². The van der Waals surface area contributed by atoms with Gasteiger partial charge < -0.3 is 34.2 Å². The number of ether oxygens (including phenoxy) is 3. The normalized spacial score (nSPS) is 14.7. The summed E-state index contributed by atoms with van der Waals surface area (Å²) in [6.45, 7) is 2.49. The van der Waals surface area contributed by atoms with Gasteiger partial charge in [-0.1, -0.05) is 332 Å². The second kappa shape index (κ2) is 84.3. The number of aliphatic hydroxyl groups excluding tert-OH is 2. The number of hydrogen-bond donors (Lipinski definition) is 4. The van der Waals surface area contributed by atoms with Crippen LogP contribution < -0.4 is 0 Å². The number of carbonyl (C=O) groups excluding carboxylic acids is 3. The summed E-state index contributed by atoms with van der Waals surface area (Å²) in [7, 11) is -9.82. The van der Waals surface area contributed by atoms with Gasteiger partial charge in [-0.05, 0) is 161 Å². The lowest BCUT2D eigenvalue weighted by molar-refractivity contribution is -0.161. The maximum Gasteiger partial charge on any atom is 0.472 e. The summed E-state index contributed by atoms with van der Waals surface area (Å²) in [5.41, 5.74) is 0. The molecule has 0 heterocycles. The van der Waals surface area contributed by atoms with Crippen LogP contribution in [0.3, 0.4) is 0 Å². The zero-order valence-corrected chi connectivity index (χ0v) is 71.4. The standard InChI is InChI=1S/C93H156O16P2/c1-4-7-10-13-16-19-22-25-28-31-34-37-39-40-41-42-43-44-45-46-48-51-52-55-58-61-64-67-70-73-76-79-91(96)103-82-88(94)83-105-110(99,100)106-84-89(95)85-107-111(101,102)108-87-90(109-93(98)81-78-75-72-69-66-63-60-57-54-49-36-33-30-27-24-21-18-15-12-9-6-3)86-104-92(97)80-77-74-71-68-65-62-59-56-53-50-47-38-35-32-29-26-23-20-17-14-11-8-5-2/h7,10,16-21,25-30,34-38,40-41,43-44,49-50,53,57,60,88-90,94-95H,4-6,8-9,11-15,22-24,31-33,39,42,45-48,51-52,54-56,58-59,61-87H2,1-3H3,(H,99,100)(H,101,102)/b10-7-,19-16-,20-17-,21-18-,28-25-,29-26-,30-27-,37-34-,38-35-,41-40-,44-43-,49-36-,53-50-,60-57-. The van der Waals surface area contributed by atoms with Crippen molar-refractivity contribution in [2.45, 2.75) is 360 Å². The molecule has 0 aliphatic rings. The minimum absolute atomic E-state index is 0.0761. The van der Waals surface area contributed by atoms with Crippen molar-refractivity contribution >= 4 is 33.6 Å². The molecule has 0 amide bonds. The van der Waals surface area contributed by atoms with Crippen molar-refractivity contribution in [1.82, 2.24) is 0 Å². The van der Waals surface area contributed by atoms with Gasteiger partial charge in [0, 0.05) is 19.3 Å². The Kier molecular flexibility index (Phi) is 80.4. The highest BCUT2D eigenvalue weighted by Gasteiger charge is 2.29. The quantitative estimate of drug-likeness (QED) is 0.0146. The van der Waals surface area contributed by atoms with E-state index in [2.05, 4.69) is 191 Å². The van der Waals surface area contributed by atoms with Gasteiger partial charge in [0.15, 0.2) is 6.10 Å². The third-order valence-electron chi connectivity index (χ3n) is 17.9. The van der Waals surface area contributed by atoms with Crippen LogP contribution in [-0.4, -0.2) is 95.9 Å². The van der Waals surface area contributed by atoms with Crippen LogP contribution in [0.4, 0.5) is 0 Å². The van der Waals surface area contributed by atoms with Crippen molar-refractivity contribution in [2.24, 2.45) is 0 Å². The minimum atomic E-state index is -4.95. The number of carbonyl (C=O) groups is 3. The maximum atomic E-state index is 13.0. The Labute approximate surface area is 675 Å². The molecular weight excluding hydrogens is 1430 g/mol. The Morgan fingerprint density at radius 2 is 0.477 bits per heavy atom. The fraction of sp³-hybridized carbons (Fsp3) is 0.667. The second-order valence-corrected chi connectivity index (χ2v) is 31.5. The summed E-state index contributed by atoms with van der Waals surface area (Å²) in [5, 5.41) is 20.7. The first kappa shape index (κ1) is 106. The van der Waals surface area contributed by atoms with Gasteiger partial charge in [-0.2, -0.15) is 0 Å². The van der Waals surface area contributed by atoms with E-state index in [0.29, 0.717) is 19.3 Å². The van der Waals surface area contributed by atoms with Crippen LogP contribution in [0.1, 0.15) is 342 Å². The summed E-state index contributed by atoms with van der Waals surface area (Å²) >= 11 is 0. The third kappa shape index (κ3) is 85.6. The maximum absolute atomic E-state index is 13.0. The van der Waals surface area contributed by atoms with E-state index >= 15 is 0 Å². The highest BCUT2D eigenvalue weighted by atomic mass is 31.2. The number of phosphoric acid groups is 2. The molecule has 5 atom stereocenters. The predicted molar refractivity (Wildman–Crippen MR) is 463 cm³/mol. The average Bonchev–Trinajstić information content (AvgIpc) is 0.900. The molecule has 18 heteroatoms. The zero-order valence-electron chi connectivity index (χ0n) is 69.6. The van der Waals surface area contributed by atoms with Crippen molar-refractivity contribution in [2.75, 3.05) is 39.6 Å². The van der Waals surface area contributed by atoms with E-state index in [-0.39, 0.29) is 19.3 Å². The molecule has 4 N–H and O–H groups in total. The Hall–Kier alpha value is -5.09. The summed E-state index contributed by atoms with van der Waals surface area (Å²) < 4.78 is 61.3. The molecule has 16 nitrogen and oxygen atoms in total. The van der Waals surface area contributed by atoms with Crippen molar-refractivity contribution in [3.05, 3.63) is 170 Å². The Bertz CT molecular complexity index is 2700. The van der Waals surface area contributed by atoms with Crippen molar-refractivity contribution in [1.29, 1.82) is 0 Å². The summed E-state index contributed by atoms with van der Waals surface area (Å²) in [5.74, 6) is -1.61. The fourth-order valence-corrected chi connectivity index (χ4v) is 12.9. The molecule has 0 saturated carbocycles. The monoisotopic (exact) mass is 1590 g/mol. The molecule has 0 bridgehead atoms. The van der Waals surface area contributed by atoms with E-state index in [4.69, 9.17) is 32.3 Å². The van der Waals surface area contributed by atoms with Gasteiger partial charge >= 0.3 is 33.6 Å². The smallest absolute Gasteiger partial charge is 0.463 e. The van der Waals surface area contributed by atoms with Gasteiger partial charge in [0.05, 0.1) is 26.4 Å². The van der Waals surface area contributed by atoms with E-state index in [0.717, 1.165) is 186 Å². The van der Waals surface area contributed by atoms with E-state index < -0.39 is 91.5 Å². The number of unbranched alkanes of at least 4 members (excludes halogenated alkanes) is 30. The first-order valence-corrected chi connectivity index (χ1v) is 46.4. The molecule has 0 saturated heterocycles. The van der Waals surface area contributed by atoms with Crippen LogP contribution in [0.15, 0.2) is 170 Å². The van der Waals surface area contributed by atoms with Crippen molar-refractivity contribution in [3.8, 4) is 0 Å². The fourth-order valence-electron chi connectivity index (χ4n) is 11.3. The van der Waals surface area contributed by atoms with E-state index in [1.165, 1.54) is 96.3 Å². The Morgan fingerprint density at radius 1 is 0.261 bits per heavy atom. The first-order chi connectivity index (χ1) is 54.2. The Morgan fingerprint density at radius 3 is 0.757 bits per heavy atom. The van der Waals surface area contributed by atoms with Gasteiger partial charge in [0.2, 0.25) is 0 Å². The molecule has 0 aromatic rings. The van der Waals surface area contributed by atoms with Crippen molar-refractivity contribution in [3.63, 3.8) is 0 Å². The van der Waals surface area contributed by atoms with Gasteiger partial charge in [-0.3, -0.25) is 32.5 Å². The highest BCUT2D eigenvalue weighted by Crippen LogP contribution is 2.45. The van der Waals surface area contributed by atoms with Crippen LogP contribution in [0.5, 0.6) is 0 Å². The lowest BCUT2D eigenvalue weighted by Gasteiger charge is -2.21. The SMILES string of the molecule is CC/C=C\C/C=C\C/C=C\C/C=C\C/C=C\C/C=C\CCCCCCCCCCCCCCC(=O)OCC(O)COP(=O)(O)OCC(O)COP(=O)(O)OCC(COC(=O)CCCCCCCCC/C=C\C/C=C\C/C=C\C/C=C\CCCCC)OC(=O)CCCCCCC/C=C\C/C=C\C/C=C\C/C=C\CCCCC. The topological polar surface area (TPSA) is 231 Å². The molecule has 0 aliphatic heterocycles. The van der Waals surface area contributed by atoms with Gasteiger partial charge in [0.25, 0.3) is 0 Å². The number of rotatable bonds is 81. The lowest BCUT2D eigenvalue weighted by Crippen LogP contribution is -2.30. The molecule has 111 heavy (non-hydrogen) atoms. The average molecular weight is 1590 g/mol. The number of esters is 3. The van der Waals surface area contributed by atoms with E-state index in [1.807, 2.05) is 0 Å². The van der Waals surface area contributed by atoms with Gasteiger partial charge in [-0.15, -0.1) is 0 Å². The largest absolute Gasteiger partial charge is 0.472 e. The number of phosphoric ester groups is 2. The predicted octanol–water partition coefficient (Wildman–Crippen LogP) is 26.3. The van der Waals surface area contributed by atoms with E-state index in [1.54, 1.807) is 0 Å². The molecule has 634 valence electrons. The van der Waals surface area contributed by atoms with E-state index in [9.17, 15) is 43.5 Å². The summed E-state index contributed by atoms with van der Waals surface area (Å²) in [4.78, 5) is 58.9. The van der Waals surface area contributed by atoms with Crippen LogP contribution in [0.25, 0.3) is 0 Å². The molecule has 0 radical (unpaired) electrons. The highest BCUT2D eigenvalue weighted by molar-refractivity contribution is 7.47. The van der Waals surface area contributed by atoms with Crippen LogP contribution >= 0.6 is 15.6 Å². The van der Waals surface area contributed by atoms with Crippen LogP contribution in [0, 0.1) is 0 Å². The third-order valence-corrected chi connectivity index (χ3v) is 19.8. The summed E-state index contributed by atoms with van der Waals surface area (Å²) in [6, 6.07) is 0. The second-order valence-electron chi connectivity index (χ2n) is 28.6. The molecule has 0 rings (SSSR count). The Balaban J connectivity index is 4.63. The molecule has 0 spiro atoms. The number of hydrogen-bond acceptors (Lipinski definition) is 14.